The molecule has 1 amide bonds. The van der Waals surface area contributed by atoms with Gasteiger partial charge in [-0.05, 0) is 37.3 Å². The van der Waals surface area contributed by atoms with E-state index in [9.17, 15) is 4.79 Å². The minimum atomic E-state index is -0.172. The molecular weight excluding hydrogens is 460 g/mol. The van der Waals surface area contributed by atoms with Gasteiger partial charge in [0.15, 0.2) is 16.1 Å². The van der Waals surface area contributed by atoms with Gasteiger partial charge < -0.3 is 19.4 Å². The van der Waals surface area contributed by atoms with Crippen molar-refractivity contribution >= 4 is 34.1 Å². The summed E-state index contributed by atoms with van der Waals surface area (Å²) in [7, 11) is 3.21. The average molecular weight is 483 g/mol. The average Bonchev–Trinajstić information content (AvgIpc) is 3.49. The third-order valence-corrected chi connectivity index (χ3v) is 6.46. The molecule has 11 heteroatoms. The second kappa shape index (κ2) is 10.5. The van der Waals surface area contributed by atoms with Gasteiger partial charge in [-0.25, -0.2) is 4.98 Å². The smallest absolute Gasteiger partial charge is 0.236 e. The number of pyridine rings is 1. The predicted molar refractivity (Wildman–Crippen MR) is 129 cm³/mol. The fourth-order valence-electron chi connectivity index (χ4n) is 3.15. The molecule has 0 saturated heterocycles. The van der Waals surface area contributed by atoms with E-state index in [-0.39, 0.29) is 11.7 Å². The van der Waals surface area contributed by atoms with Crippen LogP contribution in [-0.4, -0.2) is 50.6 Å². The van der Waals surface area contributed by atoms with E-state index in [1.165, 1.54) is 23.1 Å². The first kappa shape index (κ1) is 22.7. The lowest BCUT2D eigenvalue weighted by molar-refractivity contribution is -0.113. The zero-order chi connectivity index (χ0) is 23.2. The van der Waals surface area contributed by atoms with E-state index >= 15 is 0 Å². The van der Waals surface area contributed by atoms with Crippen molar-refractivity contribution in [3.8, 4) is 34.1 Å². The number of carbonyl (C=O) groups is 1. The Labute approximate surface area is 199 Å². The van der Waals surface area contributed by atoms with E-state index in [0.29, 0.717) is 34.0 Å². The van der Waals surface area contributed by atoms with Gasteiger partial charge in [-0.3, -0.25) is 9.78 Å². The van der Waals surface area contributed by atoms with Gasteiger partial charge >= 0.3 is 0 Å². The highest BCUT2D eigenvalue weighted by molar-refractivity contribution is 7.99. The van der Waals surface area contributed by atoms with Crippen LogP contribution in [0.25, 0.3) is 22.6 Å². The summed E-state index contributed by atoms with van der Waals surface area (Å²) in [6, 6.07) is 9.27. The summed E-state index contributed by atoms with van der Waals surface area (Å²) in [5.41, 5.74) is 2.42. The Kier molecular flexibility index (Phi) is 7.20. The van der Waals surface area contributed by atoms with Crippen LogP contribution in [-0.2, 0) is 11.3 Å². The topological polar surface area (TPSA) is 104 Å². The van der Waals surface area contributed by atoms with E-state index in [1.807, 2.05) is 47.2 Å². The number of anilines is 1. The van der Waals surface area contributed by atoms with Crippen molar-refractivity contribution in [3.05, 3.63) is 48.1 Å². The molecule has 0 fully saturated rings. The molecule has 1 aromatic carbocycles. The summed E-state index contributed by atoms with van der Waals surface area (Å²) in [5, 5.41) is 14.5. The summed E-state index contributed by atoms with van der Waals surface area (Å²) in [4.78, 5) is 21.1. The standard InChI is InChI=1S/C22H22N6O3S2/c1-4-28-20(14-7-9-23-10-8-14)26-27-22(28)33-13-19(29)25-21-24-17(12-32-21)16-11-15(30-2)5-6-18(16)31-3/h5-12H,4,13H2,1-3H3,(H,24,25,29). The van der Waals surface area contributed by atoms with E-state index in [1.54, 1.807) is 26.6 Å². The maximum Gasteiger partial charge on any atom is 0.236 e. The minimum absolute atomic E-state index is 0.172. The number of benzene rings is 1. The van der Waals surface area contributed by atoms with Crippen LogP contribution >= 0.6 is 23.1 Å². The predicted octanol–water partition coefficient (Wildman–Crippen LogP) is 4.23. The van der Waals surface area contributed by atoms with Crippen molar-refractivity contribution in [1.82, 2.24) is 24.7 Å². The van der Waals surface area contributed by atoms with Crippen LogP contribution in [0, 0.1) is 0 Å². The van der Waals surface area contributed by atoms with Crippen molar-refractivity contribution in [3.63, 3.8) is 0 Å². The summed E-state index contributed by atoms with van der Waals surface area (Å²) in [6.45, 7) is 2.70. The maximum absolute atomic E-state index is 12.6. The quantitative estimate of drug-likeness (QED) is 0.354. The molecule has 4 aromatic rings. The van der Waals surface area contributed by atoms with Crippen LogP contribution in [0.3, 0.4) is 0 Å². The number of rotatable bonds is 9. The largest absolute Gasteiger partial charge is 0.497 e. The molecule has 0 aliphatic carbocycles. The molecule has 9 nitrogen and oxygen atoms in total. The second-order valence-corrected chi connectivity index (χ2v) is 8.53. The highest BCUT2D eigenvalue weighted by atomic mass is 32.2. The Hall–Kier alpha value is -3.44. The molecule has 4 rings (SSSR count). The number of hydrogen-bond acceptors (Lipinski definition) is 9. The van der Waals surface area contributed by atoms with Crippen LogP contribution < -0.4 is 14.8 Å². The Morgan fingerprint density at radius 2 is 1.97 bits per heavy atom. The lowest BCUT2D eigenvalue weighted by Gasteiger charge is -2.08. The van der Waals surface area contributed by atoms with Gasteiger partial charge in [0, 0.05) is 35.4 Å². The summed E-state index contributed by atoms with van der Waals surface area (Å²) in [6.07, 6.45) is 3.43. The molecule has 0 aliphatic rings. The number of ether oxygens (including phenoxy) is 2. The zero-order valence-corrected chi connectivity index (χ0v) is 19.9. The summed E-state index contributed by atoms with van der Waals surface area (Å²) in [5.74, 6) is 2.14. The number of nitrogens with zero attached hydrogens (tertiary/aromatic N) is 5. The zero-order valence-electron chi connectivity index (χ0n) is 18.3. The van der Waals surface area contributed by atoms with Crippen LogP contribution in [0.15, 0.2) is 53.3 Å². The molecule has 3 aromatic heterocycles. The fourth-order valence-corrected chi connectivity index (χ4v) is 4.68. The van der Waals surface area contributed by atoms with Crippen molar-refractivity contribution in [2.45, 2.75) is 18.6 Å². The molecule has 3 heterocycles. The summed E-state index contributed by atoms with van der Waals surface area (Å²) >= 11 is 2.68. The highest BCUT2D eigenvalue weighted by Crippen LogP contribution is 2.35. The third-order valence-electron chi connectivity index (χ3n) is 4.74. The number of aromatic nitrogens is 5. The van der Waals surface area contributed by atoms with Gasteiger partial charge in [0.1, 0.15) is 11.5 Å². The van der Waals surface area contributed by atoms with Gasteiger partial charge in [0.2, 0.25) is 5.91 Å². The van der Waals surface area contributed by atoms with E-state index < -0.39 is 0 Å². The number of methoxy groups -OCH3 is 2. The molecule has 1 N–H and O–H groups in total. The Morgan fingerprint density at radius 1 is 1.15 bits per heavy atom. The Morgan fingerprint density at radius 3 is 2.70 bits per heavy atom. The number of amides is 1. The summed E-state index contributed by atoms with van der Waals surface area (Å²) < 4.78 is 12.7. The monoisotopic (exact) mass is 482 g/mol. The highest BCUT2D eigenvalue weighted by Gasteiger charge is 2.16. The van der Waals surface area contributed by atoms with Gasteiger partial charge in [-0.2, -0.15) is 0 Å². The van der Waals surface area contributed by atoms with Gasteiger partial charge in [0.25, 0.3) is 0 Å². The number of nitrogens with one attached hydrogen (secondary N) is 1. The van der Waals surface area contributed by atoms with Crippen molar-refractivity contribution < 1.29 is 14.3 Å². The lowest BCUT2D eigenvalue weighted by Crippen LogP contribution is -2.14. The van der Waals surface area contributed by atoms with Crippen LogP contribution in [0.5, 0.6) is 11.5 Å². The Balaban J connectivity index is 1.42. The minimum Gasteiger partial charge on any atom is -0.497 e. The van der Waals surface area contributed by atoms with Gasteiger partial charge in [0.05, 0.1) is 25.7 Å². The van der Waals surface area contributed by atoms with Crippen molar-refractivity contribution in [1.29, 1.82) is 0 Å². The molecule has 0 aliphatic heterocycles. The van der Waals surface area contributed by atoms with Gasteiger partial charge in [-0.1, -0.05) is 11.8 Å². The molecule has 170 valence electrons. The van der Waals surface area contributed by atoms with E-state index in [0.717, 1.165) is 17.0 Å². The maximum atomic E-state index is 12.6. The van der Waals surface area contributed by atoms with Crippen LogP contribution in [0.1, 0.15) is 6.92 Å². The van der Waals surface area contributed by atoms with Crippen molar-refractivity contribution in [2.24, 2.45) is 0 Å². The van der Waals surface area contributed by atoms with E-state index in [2.05, 4.69) is 25.5 Å². The molecular formula is C22H22N6O3S2. The van der Waals surface area contributed by atoms with Crippen LogP contribution in [0.2, 0.25) is 0 Å². The number of thioether (sulfide) groups is 1. The molecule has 0 bridgehead atoms. The van der Waals surface area contributed by atoms with Crippen LogP contribution in [0.4, 0.5) is 5.13 Å². The molecule has 0 spiro atoms. The normalized spacial score (nSPS) is 10.8. The first-order valence-corrected chi connectivity index (χ1v) is 11.9. The molecule has 0 atom stereocenters. The molecule has 0 saturated carbocycles. The molecule has 0 radical (unpaired) electrons. The first-order valence-electron chi connectivity index (χ1n) is 10.1. The molecule has 0 unspecified atom stereocenters. The number of carbonyl (C=O) groups excluding carboxylic acids is 1. The number of thiazole rings is 1. The third kappa shape index (κ3) is 5.15. The van der Waals surface area contributed by atoms with Gasteiger partial charge in [-0.15, -0.1) is 21.5 Å². The van der Waals surface area contributed by atoms with E-state index in [4.69, 9.17) is 9.47 Å². The second-order valence-electron chi connectivity index (χ2n) is 6.73. The molecule has 33 heavy (non-hydrogen) atoms. The number of hydrogen-bond donors (Lipinski definition) is 1. The SMILES string of the molecule is CCn1c(SCC(=O)Nc2nc(-c3cc(OC)ccc3OC)cs2)nnc1-c1ccncc1. The first-order chi connectivity index (χ1) is 16.1. The fraction of sp³-hybridized carbons (Fsp3) is 0.227. The lowest BCUT2D eigenvalue weighted by atomic mass is 10.1. The Bertz CT molecular complexity index is 1240. The van der Waals surface area contributed by atoms with Crippen molar-refractivity contribution in [2.75, 3.05) is 25.3 Å².